The molecular formula is C9H14N2O. The van der Waals surface area contributed by atoms with Gasteiger partial charge in [-0.05, 0) is 19.4 Å². The predicted molar refractivity (Wildman–Crippen MR) is 47.2 cm³/mol. The molecule has 66 valence electrons. The van der Waals surface area contributed by atoms with Crippen LogP contribution in [0.4, 0.5) is 0 Å². The smallest absolute Gasteiger partial charge is 0.234 e. The fourth-order valence-corrected chi connectivity index (χ4v) is 1.41. The maximum atomic E-state index is 10.8. The lowest BCUT2D eigenvalue weighted by Crippen LogP contribution is -2.54. The second-order valence-electron chi connectivity index (χ2n) is 3.05. The van der Waals surface area contributed by atoms with Crippen LogP contribution in [0.1, 0.15) is 19.3 Å². The zero-order valence-electron chi connectivity index (χ0n) is 7.12. The molecule has 2 N–H and O–H groups in total. The third kappa shape index (κ3) is 1.99. The van der Waals surface area contributed by atoms with Crippen LogP contribution in [0.2, 0.25) is 0 Å². The molecule has 1 atom stereocenters. The van der Waals surface area contributed by atoms with Gasteiger partial charge in [-0.3, -0.25) is 9.69 Å². The second-order valence-corrected chi connectivity index (χ2v) is 3.05. The van der Waals surface area contributed by atoms with E-state index >= 15 is 0 Å². The fraction of sp³-hybridized carbons (Fsp3) is 0.667. The molecule has 1 fully saturated rings. The van der Waals surface area contributed by atoms with Crippen LogP contribution in [-0.4, -0.2) is 29.9 Å². The molecule has 1 aliphatic heterocycles. The number of rotatable bonds is 4. The highest BCUT2D eigenvalue weighted by molar-refractivity contribution is 5.80. The van der Waals surface area contributed by atoms with Gasteiger partial charge in [0.2, 0.25) is 5.91 Å². The molecule has 0 aliphatic carbocycles. The molecule has 1 saturated heterocycles. The molecule has 0 bridgehead atoms. The summed E-state index contributed by atoms with van der Waals surface area (Å²) < 4.78 is 0. The van der Waals surface area contributed by atoms with E-state index in [0.29, 0.717) is 0 Å². The average Bonchev–Trinajstić information content (AvgIpc) is 1.94. The Hall–Kier alpha value is -1.01. The summed E-state index contributed by atoms with van der Waals surface area (Å²) in [7, 11) is 0. The lowest BCUT2D eigenvalue weighted by Gasteiger charge is -2.38. The molecule has 0 aromatic carbocycles. The summed E-state index contributed by atoms with van der Waals surface area (Å²) in [5.41, 5.74) is 5.17. The second kappa shape index (κ2) is 4.13. The largest absolute Gasteiger partial charge is 0.368 e. The van der Waals surface area contributed by atoms with Crippen molar-refractivity contribution in [2.45, 2.75) is 25.3 Å². The van der Waals surface area contributed by atoms with Crippen LogP contribution in [0, 0.1) is 12.3 Å². The van der Waals surface area contributed by atoms with Gasteiger partial charge in [0.25, 0.3) is 0 Å². The maximum Gasteiger partial charge on any atom is 0.234 e. The van der Waals surface area contributed by atoms with Crippen molar-refractivity contribution in [1.82, 2.24) is 4.90 Å². The van der Waals surface area contributed by atoms with E-state index in [4.69, 9.17) is 12.2 Å². The van der Waals surface area contributed by atoms with E-state index in [2.05, 4.69) is 10.8 Å². The standard InChI is InChI=1S/C9H14N2O/c1-2-3-4-6-11-7-5-8(11)9(10)12/h1,8H,3-7H2,(H2,10,12). The molecule has 3 nitrogen and oxygen atoms in total. The first-order chi connectivity index (χ1) is 5.75. The monoisotopic (exact) mass is 166 g/mol. The van der Waals surface area contributed by atoms with Crippen molar-refractivity contribution < 1.29 is 4.79 Å². The number of nitrogens with two attached hydrogens (primary N) is 1. The normalized spacial score (nSPS) is 22.8. The molecule has 0 aromatic heterocycles. The lowest BCUT2D eigenvalue weighted by molar-refractivity contribution is -0.127. The summed E-state index contributed by atoms with van der Waals surface area (Å²) in [5, 5.41) is 0. The lowest BCUT2D eigenvalue weighted by atomic mass is 10.0. The van der Waals surface area contributed by atoms with Crippen LogP contribution in [0.25, 0.3) is 0 Å². The van der Waals surface area contributed by atoms with Crippen molar-refractivity contribution in [2.24, 2.45) is 5.73 Å². The Bertz CT molecular complexity index is 207. The van der Waals surface area contributed by atoms with Gasteiger partial charge >= 0.3 is 0 Å². The topological polar surface area (TPSA) is 46.3 Å². The van der Waals surface area contributed by atoms with Gasteiger partial charge < -0.3 is 5.73 Å². The molecular weight excluding hydrogens is 152 g/mol. The van der Waals surface area contributed by atoms with Gasteiger partial charge in [0, 0.05) is 13.0 Å². The first kappa shape index (κ1) is 9.08. The van der Waals surface area contributed by atoms with E-state index in [1.807, 2.05) is 0 Å². The highest BCUT2D eigenvalue weighted by Gasteiger charge is 2.31. The minimum atomic E-state index is -0.207. The van der Waals surface area contributed by atoms with Gasteiger partial charge in [-0.25, -0.2) is 0 Å². The molecule has 0 saturated carbocycles. The van der Waals surface area contributed by atoms with Crippen molar-refractivity contribution in [1.29, 1.82) is 0 Å². The summed E-state index contributed by atoms with van der Waals surface area (Å²) in [6.45, 7) is 1.88. The van der Waals surface area contributed by atoms with E-state index in [9.17, 15) is 4.79 Å². The Kier molecular flexibility index (Phi) is 3.12. The van der Waals surface area contributed by atoms with Crippen LogP contribution < -0.4 is 5.73 Å². The number of amides is 1. The van der Waals surface area contributed by atoms with Gasteiger partial charge in [0.1, 0.15) is 0 Å². The van der Waals surface area contributed by atoms with Gasteiger partial charge in [0.05, 0.1) is 6.04 Å². The van der Waals surface area contributed by atoms with E-state index in [-0.39, 0.29) is 11.9 Å². The van der Waals surface area contributed by atoms with Crippen molar-refractivity contribution in [3.63, 3.8) is 0 Å². The number of primary amides is 1. The van der Waals surface area contributed by atoms with E-state index in [0.717, 1.165) is 32.4 Å². The summed E-state index contributed by atoms with van der Waals surface area (Å²) in [6, 6.07) is -0.0252. The van der Waals surface area contributed by atoms with Crippen molar-refractivity contribution in [2.75, 3.05) is 13.1 Å². The summed E-state index contributed by atoms with van der Waals surface area (Å²) in [6.07, 6.45) is 7.75. The van der Waals surface area contributed by atoms with Crippen LogP contribution in [0.3, 0.4) is 0 Å². The molecule has 0 spiro atoms. The maximum absolute atomic E-state index is 10.8. The molecule has 1 aliphatic rings. The van der Waals surface area contributed by atoms with Gasteiger partial charge in [-0.15, -0.1) is 12.3 Å². The number of hydrogen-bond donors (Lipinski definition) is 1. The zero-order valence-corrected chi connectivity index (χ0v) is 7.12. The molecule has 3 heteroatoms. The highest BCUT2D eigenvalue weighted by atomic mass is 16.1. The molecule has 1 heterocycles. The minimum Gasteiger partial charge on any atom is -0.368 e. The summed E-state index contributed by atoms with van der Waals surface area (Å²) in [4.78, 5) is 12.8. The number of nitrogens with zero attached hydrogens (tertiary/aromatic N) is 1. The van der Waals surface area contributed by atoms with E-state index < -0.39 is 0 Å². The third-order valence-electron chi connectivity index (χ3n) is 2.23. The number of carbonyl (C=O) groups is 1. The Labute approximate surface area is 72.9 Å². The number of carbonyl (C=O) groups excluding carboxylic acids is 1. The van der Waals surface area contributed by atoms with Crippen LogP contribution in [0.15, 0.2) is 0 Å². The Morgan fingerprint density at radius 3 is 2.92 bits per heavy atom. The predicted octanol–water partition coefficient (Wildman–Crippen LogP) is -0.0406. The van der Waals surface area contributed by atoms with Crippen molar-refractivity contribution >= 4 is 5.91 Å². The van der Waals surface area contributed by atoms with Gasteiger partial charge in [0.15, 0.2) is 0 Å². The molecule has 1 amide bonds. The van der Waals surface area contributed by atoms with Crippen LogP contribution >= 0.6 is 0 Å². The van der Waals surface area contributed by atoms with Crippen LogP contribution in [-0.2, 0) is 4.79 Å². The summed E-state index contributed by atoms with van der Waals surface area (Å²) in [5.74, 6) is 2.37. The van der Waals surface area contributed by atoms with Crippen molar-refractivity contribution in [3.05, 3.63) is 0 Å². The highest BCUT2D eigenvalue weighted by Crippen LogP contribution is 2.16. The van der Waals surface area contributed by atoms with Gasteiger partial charge in [-0.2, -0.15) is 0 Å². The molecule has 0 aromatic rings. The Morgan fingerprint density at radius 2 is 2.50 bits per heavy atom. The summed E-state index contributed by atoms with van der Waals surface area (Å²) >= 11 is 0. The van der Waals surface area contributed by atoms with Crippen molar-refractivity contribution in [3.8, 4) is 12.3 Å². The molecule has 12 heavy (non-hydrogen) atoms. The zero-order chi connectivity index (χ0) is 8.97. The quantitative estimate of drug-likeness (QED) is 0.470. The first-order valence-corrected chi connectivity index (χ1v) is 4.22. The molecule has 0 radical (unpaired) electrons. The number of terminal acetylenes is 1. The average molecular weight is 166 g/mol. The molecule has 1 rings (SSSR count). The Morgan fingerprint density at radius 1 is 1.75 bits per heavy atom. The molecule has 1 unspecified atom stereocenters. The fourth-order valence-electron chi connectivity index (χ4n) is 1.41. The number of hydrogen-bond acceptors (Lipinski definition) is 2. The third-order valence-corrected chi connectivity index (χ3v) is 2.23. The number of unbranched alkanes of at least 4 members (excludes halogenated alkanes) is 1. The van der Waals surface area contributed by atoms with E-state index in [1.54, 1.807) is 0 Å². The van der Waals surface area contributed by atoms with Crippen LogP contribution in [0.5, 0.6) is 0 Å². The van der Waals surface area contributed by atoms with Gasteiger partial charge in [-0.1, -0.05) is 0 Å². The van der Waals surface area contributed by atoms with E-state index in [1.165, 1.54) is 0 Å². The minimum absolute atomic E-state index is 0.0252. The Balaban J connectivity index is 2.17. The SMILES string of the molecule is C#CCCCN1CCC1C(N)=O. The number of likely N-dealkylation sites (tertiary alicyclic amines) is 1. The first-order valence-electron chi connectivity index (χ1n) is 4.22.